The summed E-state index contributed by atoms with van der Waals surface area (Å²) in [6.45, 7) is 1.97. The minimum atomic E-state index is -0.329. The van der Waals surface area contributed by atoms with Crippen molar-refractivity contribution in [1.29, 1.82) is 0 Å². The highest BCUT2D eigenvalue weighted by Gasteiger charge is 1.94. The lowest BCUT2D eigenvalue weighted by Gasteiger charge is -1.92. The summed E-state index contributed by atoms with van der Waals surface area (Å²) in [7, 11) is 1.34. The molecule has 0 atom stereocenters. The molecule has 0 radical (unpaired) electrons. The van der Waals surface area contributed by atoms with Crippen molar-refractivity contribution in [2.45, 2.75) is 13.3 Å². The maximum absolute atomic E-state index is 10.7. The molecule has 0 N–H and O–H groups in total. The van der Waals surface area contributed by atoms with E-state index < -0.39 is 0 Å². The smallest absolute Gasteiger partial charge is 0.317 e. The van der Waals surface area contributed by atoms with E-state index in [1.807, 2.05) is 19.1 Å². The molecule has 0 unspecified atom stereocenters. The second kappa shape index (κ2) is 5.03. The molecule has 3 nitrogen and oxygen atoms in total. The lowest BCUT2D eigenvalue weighted by molar-refractivity contribution is -0.139. The Hall–Kier alpha value is -1.82. The van der Waals surface area contributed by atoms with Crippen LogP contribution in [-0.4, -0.2) is 18.1 Å². The third-order valence-electron chi connectivity index (χ3n) is 1.59. The SMILES string of the molecule is COC(=O)CC#Cc1cc(C)ccn1. The highest BCUT2D eigenvalue weighted by molar-refractivity contribution is 5.72. The van der Waals surface area contributed by atoms with Crippen molar-refractivity contribution >= 4 is 5.97 Å². The summed E-state index contributed by atoms with van der Waals surface area (Å²) >= 11 is 0. The number of rotatable bonds is 1. The maximum atomic E-state index is 10.7. The van der Waals surface area contributed by atoms with E-state index in [9.17, 15) is 4.79 Å². The molecule has 0 aliphatic carbocycles. The molecule has 1 heterocycles. The first kappa shape index (κ1) is 10.3. The van der Waals surface area contributed by atoms with E-state index >= 15 is 0 Å². The van der Waals surface area contributed by atoms with Gasteiger partial charge >= 0.3 is 5.97 Å². The Bertz CT molecular complexity index is 388. The predicted molar refractivity (Wildman–Crippen MR) is 52.5 cm³/mol. The average Bonchev–Trinajstić information content (AvgIpc) is 2.17. The summed E-state index contributed by atoms with van der Waals surface area (Å²) in [5.74, 6) is 5.15. The van der Waals surface area contributed by atoms with Crippen LogP contribution in [0.2, 0.25) is 0 Å². The Balaban J connectivity index is 2.64. The van der Waals surface area contributed by atoms with E-state index in [0.717, 1.165) is 5.56 Å². The van der Waals surface area contributed by atoms with Crippen molar-refractivity contribution in [1.82, 2.24) is 4.98 Å². The first-order chi connectivity index (χ1) is 6.72. The van der Waals surface area contributed by atoms with Gasteiger partial charge in [-0.1, -0.05) is 5.92 Å². The molecular weight excluding hydrogens is 178 g/mol. The number of nitrogens with zero attached hydrogens (tertiary/aromatic N) is 1. The second-order valence-electron chi connectivity index (χ2n) is 2.77. The van der Waals surface area contributed by atoms with Crippen LogP contribution < -0.4 is 0 Å². The molecule has 0 amide bonds. The summed E-state index contributed by atoms with van der Waals surface area (Å²) in [6.07, 6.45) is 1.80. The van der Waals surface area contributed by atoms with E-state index in [2.05, 4.69) is 21.6 Å². The van der Waals surface area contributed by atoms with Crippen LogP contribution in [0.5, 0.6) is 0 Å². The van der Waals surface area contributed by atoms with Gasteiger partial charge in [0.2, 0.25) is 0 Å². The van der Waals surface area contributed by atoms with Crippen molar-refractivity contribution < 1.29 is 9.53 Å². The Morgan fingerprint density at radius 2 is 2.43 bits per heavy atom. The highest BCUT2D eigenvalue weighted by Crippen LogP contribution is 1.97. The van der Waals surface area contributed by atoms with Gasteiger partial charge in [0.15, 0.2) is 0 Å². The Morgan fingerprint density at radius 3 is 3.07 bits per heavy atom. The van der Waals surface area contributed by atoms with Crippen molar-refractivity contribution in [3.05, 3.63) is 29.6 Å². The van der Waals surface area contributed by atoms with Crippen molar-refractivity contribution in [3.8, 4) is 11.8 Å². The van der Waals surface area contributed by atoms with Gasteiger partial charge in [0, 0.05) is 6.20 Å². The van der Waals surface area contributed by atoms with Crippen LogP contribution >= 0.6 is 0 Å². The van der Waals surface area contributed by atoms with Crippen molar-refractivity contribution in [2.24, 2.45) is 0 Å². The number of esters is 1. The third kappa shape index (κ3) is 3.28. The van der Waals surface area contributed by atoms with Gasteiger partial charge in [-0.2, -0.15) is 0 Å². The van der Waals surface area contributed by atoms with Crippen LogP contribution in [0.25, 0.3) is 0 Å². The Morgan fingerprint density at radius 1 is 1.64 bits per heavy atom. The molecule has 0 saturated carbocycles. The summed E-state index contributed by atoms with van der Waals surface area (Å²) in [5, 5.41) is 0. The van der Waals surface area contributed by atoms with Gasteiger partial charge in [0.25, 0.3) is 0 Å². The number of methoxy groups -OCH3 is 1. The lowest BCUT2D eigenvalue weighted by Crippen LogP contribution is -1.97. The summed E-state index contributed by atoms with van der Waals surface area (Å²) < 4.78 is 4.45. The fourth-order valence-electron chi connectivity index (χ4n) is 0.884. The number of aromatic nitrogens is 1. The van der Waals surface area contributed by atoms with E-state index in [1.54, 1.807) is 6.20 Å². The Kier molecular flexibility index (Phi) is 3.69. The van der Waals surface area contributed by atoms with E-state index in [4.69, 9.17) is 0 Å². The first-order valence-corrected chi connectivity index (χ1v) is 4.20. The topological polar surface area (TPSA) is 39.2 Å². The minimum absolute atomic E-state index is 0.103. The van der Waals surface area contributed by atoms with Gasteiger partial charge in [-0.3, -0.25) is 4.79 Å². The summed E-state index contributed by atoms with van der Waals surface area (Å²) in [4.78, 5) is 14.8. The number of aryl methyl sites for hydroxylation is 1. The molecule has 14 heavy (non-hydrogen) atoms. The number of carbonyl (C=O) groups is 1. The molecule has 0 bridgehead atoms. The number of carbonyl (C=O) groups excluding carboxylic acids is 1. The van der Waals surface area contributed by atoms with Gasteiger partial charge in [-0.05, 0) is 30.5 Å². The molecule has 0 aliphatic heterocycles. The number of pyridine rings is 1. The fraction of sp³-hybridized carbons (Fsp3) is 0.273. The molecular formula is C11H11NO2. The molecule has 0 fully saturated rings. The van der Waals surface area contributed by atoms with Crippen molar-refractivity contribution in [3.63, 3.8) is 0 Å². The standard InChI is InChI=1S/C11H11NO2/c1-9-6-7-12-10(8-9)4-3-5-11(13)14-2/h6-8H,5H2,1-2H3. The molecule has 1 aromatic rings. The first-order valence-electron chi connectivity index (χ1n) is 4.20. The number of hydrogen-bond acceptors (Lipinski definition) is 3. The van der Waals surface area contributed by atoms with Crippen LogP contribution in [0.1, 0.15) is 17.7 Å². The zero-order chi connectivity index (χ0) is 10.4. The fourth-order valence-corrected chi connectivity index (χ4v) is 0.884. The van der Waals surface area contributed by atoms with Crippen LogP contribution in [0.15, 0.2) is 18.3 Å². The van der Waals surface area contributed by atoms with Crippen LogP contribution in [0.3, 0.4) is 0 Å². The molecule has 1 aromatic heterocycles. The molecule has 0 spiro atoms. The highest BCUT2D eigenvalue weighted by atomic mass is 16.5. The molecule has 72 valence electrons. The van der Waals surface area contributed by atoms with Gasteiger partial charge in [-0.15, -0.1) is 0 Å². The van der Waals surface area contributed by atoms with Crippen LogP contribution in [-0.2, 0) is 9.53 Å². The average molecular weight is 189 g/mol. The molecule has 1 rings (SSSR count). The molecule has 0 aromatic carbocycles. The largest absolute Gasteiger partial charge is 0.468 e. The summed E-state index contributed by atoms with van der Waals surface area (Å²) in [6, 6.07) is 3.76. The molecule has 0 saturated heterocycles. The van der Waals surface area contributed by atoms with Crippen molar-refractivity contribution in [2.75, 3.05) is 7.11 Å². The predicted octanol–water partition coefficient (Wildman–Crippen LogP) is 1.30. The lowest BCUT2D eigenvalue weighted by atomic mass is 10.2. The van der Waals surface area contributed by atoms with E-state index in [-0.39, 0.29) is 12.4 Å². The maximum Gasteiger partial charge on any atom is 0.317 e. The molecule has 3 heteroatoms. The quantitative estimate of drug-likeness (QED) is 0.494. The third-order valence-corrected chi connectivity index (χ3v) is 1.59. The number of ether oxygens (including phenoxy) is 1. The van der Waals surface area contributed by atoms with E-state index in [0.29, 0.717) is 5.69 Å². The van der Waals surface area contributed by atoms with Gasteiger partial charge < -0.3 is 4.74 Å². The van der Waals surface area contributed by atoms with Crippen LogP contribution in [0.4, 0.5) is 0 Å². The normalized spacial score (nSPS) is 8.71. The van der Waals surface area contributed by atoms with Crippen LogP contribution in [0, 0.1) is 18.8 Å². The van der Waals surface area contributed by atoms with E-state index in [1.165, 1.54) is 7.11 Å². The zero-order valence-electron chi connectivity index (χ0n) is 8.20. The monoisotopic (exact) mass is 189 g/mol. The van der Waals surface area contributed by atoms with Gasteiger partial charge in [-0.25, -0.2) is 4.98 Å². The second-order valence-corrected chi connectivity index (χ2v) is 2.77. The van der Waals surface area contributed by atoms with Gasteiger partial charge in [0.05, 0.1) is 7.11 Å². The Labute approximate surface area is 83.1 Å². The molecule has 0 aliphatic rings. The zero-order valence-corrected chi connectivity index (χ0v) is 8.20. The van der Waals surface area contributed by atoms with Gasteiger partial charge in [0.1, 0.15) is 12.1 Å². The number of hydrogen-bond donors (Lipinski definition) is 0. The summed E-state index contributed by atoms with van der Waals surface area (Å²) in [5.41, 5.74) is 1.77. The minimum Gasteiger partial charge on any atom is -0.468 e.